The smallest absolute Gasteiger partial charge is 0.407 e. The van der Waals surface area contributed by atoms with Crippen LogP contribution in [0.2, 0.25) is 5.28 Å². The maximum Gasteiger partial charge on any atom is 0.407 e. The summed E-state index contributed by atoms with van der Waals surface area (Å²) in [6.07, 6.45) is 6.58. The Morgan fingerprint density at radius 2 is 2.04 bits per heavy atom. The van der Waals surface area contributed by atoms with Crippen LogP contribution in [0.3, 0.4) is 0 Å². The number of alkyl carbamates (subject to hydrolysis) is 1. The largest absolute Gasteiger partial charge is 0.444 e. The Bertz CT molecular complexity index is 539. The number of ether oxygens (including phenoxy) is 1. The second-order valence-electron chi connectivity index (χ2n) is 7.03. The zero-order valence-electron chi connectivity index (χ0n) is 14.0. The first kappa shape index (κ1) is 17.8. The first-order chi connectivity index (χ1) is 10.8. The Morgan fingerprint density at radius 3 is 2.65 bits per heavy atom. The van der Waals surface area contributed by atoms with Gasteiger partial charge in [-0.3, -0.25) is 0 Å². The summed E-state index contributed by atoms with van der Waals surface area (Å²) in [6, 6.07) is 1.79. The maximum atomic E-state index is 11.9. The summed E-state index contributed by atoms with van der Waals surface area (Å²) in [4.78, 5) is 20.0. The molecular formula is C16H25ClN4O2. The topological polar surface area (TPSA) is 76.1 Å². The van der Waals surface area contributed by atoms with E-state index in [-0.39, 0.29) is 10.8 Å². The molecule has 0 aliphatic heterocycles. The summed E-state index contributed by atoms with van der Waals surface area (Å²) in [7, 11) is 0. The normalized spacial score (nSPS) is 17.4. The van der Waals surface area contributed by atoms with Crippen LogP contribution in [0.1, 0.15) is 52.9 Å². The Kier molecular flexibility index (Phi) is 5.68. The Balaban J connectivity index is 2.02. The number of aromatic nitrogens is 2. The van der Waals surface area contributed by atoms with Gasteiger partial charge in [0.2, 0.25) is 5.28 Å². The molecule has 1 fully saturated rings. The minimum Gasteiger partial charge on any atom is -0.444 e. The van der Waals surface area contributed by atoms with Crippen LogP contribution in [0.25, 0.3) is 0 Å². The van der Waals surface area contributed by atoms with E-state index in [0.717, 1.165) is 25.7 Å². The fourth-order valence-corrected chi connectivity index (χ4v) is 2.95. The zero-order valence-corrected chi connectivity index (χ0v) is 14.7. The van der Waals surface area contributed by atoms with Crippen molar-refractivity contribution < 1.29 is 9.53 Å². The molecule has 0 aromatic carbocycles. The van der Waals surface area contributed by atoms with Crippen molar-refractivity contribution in [1.82, 2.24) is 15.3 Å². The molecule has 0 atom stereocenters. The number of carbonyl (C=O) groups excluding carboxylic acids is 1. The zero-order chi connectivity index (χ0) is 16.9. The van der Waals surface area contributed by atoms with E-state index < -0.39 is 11.7 Å². The summed E-state index contributed by atoms with van der Waals surface area (Å²) < 4.78 is 5.32. The van der Waals surface area contributed by atoms with E-state index in [4.69, 9.17) is 16.3 Å². The molecule has 1 aromatic heterocycles. The number of hydrogen-bond acceptors (Lipinski definition) is 5. The van der Waals surface area contributed by atoms with Crippen molar-refractivity contribution in [2.75, 3.05) is 11.9 Å². The van der Waals surface area contributed by atoms with Gasteiger partial charge in [-0.05, 0) is 51.3 Å². The molecule has 0 unspecified atom stereocenters. The first-order valence-electron chi connectivity index (χ1n) is 8.02. The van der Waals surface area contributed by atoms with Gasteiger partial charge in [-0.25, -0.2) is 14.8 Å². The van der Waals surface area contributed by atoms with Crippen molar-refractivity contribution in [3.05, 3.63) is 17.5 Å². The van der Waals surface area contributed by atoms with Crippen LogP contribution in [0.15, 0.2) is 12.3 Å². The lowest BCUT2D eigenvalue weighted by Gasteiger charge is -2.38. The molecule has 1 amide bonds. The summed E-state index contributed by atoms with van der Waals surface area (Å²) in [5, 5.41) is 6.54. The summed E-state index contributed by atoms with van der Waals surface area (Å²) >= 11 is 5.86. The van der Waals surface area contributed by atoms with Crippen molar-refractivity contribution in [1.29, 1.82) is 0 Å². The molecule has 1 heterocycles. The molecule has 6 nitrogen and oxygen atoms in total. The lowest BCUT2D eigenvalue weighted by Crippen LogP contribution is -2.51. The summed E-state index contributed by atoms with van der Waals surface area (Å²) in [5.41, 5.74) is -0.732. The molecule has 7 heteroatoms. The summed E-state index contributed by atoms with van der Waals surface area (Å²) in [6.45, 7) is 6.04. The average molecular weight is 341 g/mol. The van der Waals surface area contributed by atoms with E-state index in [2.05, 4.69) is 20.6 Å². The minimum absolute atomic E-state index is 0.209. The van der Waals surface area contributed by atoms with E-state index in [1.807, 2.05) is 20.8 Å². The minimum atomic E-state index is -0.503. The van der Waals surface area contributed by atoms with Crippen LogP contribution in [-0.4, -0.2) is 33.7 Å². The molecule has 23 heavy (non-hydrogen) atoms. The lowest BCUT2D eigenvalue weighted by molar-refractivity contribution is 0.0512. The molecule has 1 aliphatic carbocycles. The van der Waals surface area contributed by atoms with E-state index >= 15 is 0 Å². The predicted octanol–water partition coefficient (Wildman–Crippen LogP) is 3.77. The van der Waals surface area contributed by atoms with E-state index in [1.54, 1.807) is 12.3 Å². The highest BCUT2D eigenvalue weighted by Crippen LogP contribution is 2.31. The molecule has 128 valence electrons. The van der Waals surface area contributed by atoms with Crippen LogP contribution < -0.4 is 10.6 Å². The second-order valence-corrected chi connectivity index (χ2v) is 7.37. The number of halogens is 1. The standard InChI is InChI=1S/C16H25ClN4O2/c1-15(2,3)23-14(22)19-11-16(8-5-4-6-9-16)21-12-7-10-18-13(17)20-12/h7,10H,4-6,8-9,11H2,1-3H3,(H,19,22)(H,18,20,21). The molecule has 0 radical (unpaired) electrons. The van der Waals surface area contributed by atoms with Crippen LogP contribution in [-0.2, 0) is 4.74 Å². The summed E-state index contributed by atoms with van der Waals surface area (Å²) in [5.74, 6) is 0.679. The highest BCUT2D eigenvalue weighted by molar-refractivity contribution is 6.28. The van der Waals surface area contributed by atoms with Gasteiger partial charge in [0.25, 0.3) is 0 Å². The van der Waals surface area contributed by atoms with Gasteiger partial charge in [0, 0.05) is 12.7 Å². The van der Waals surface area contributed by atoms with Crippen LogP contribution in [0.5, 0.6) is 0 Å². The van der Waals surface area contributed by atoms with Crippen molar-refractivity contribution in [2.24, 2.45) is 0 Å². The Hall–Kier alpha value is -1.56. The van der Waals surface area contributed by atoms with Crippen molar-refractivity contribution in [3.63, 3.8) is 0 Å². The Morgan fingerprint density at radius 1 is 1.35 bits per heavy atom. The lowest BCUT2D eigenvalue weighted by atomic mass is 9.81. The average Bonchev–Trinajstić information content (AvgIpc) is 2.45. The molecule has 2 N–H and O–H groups in total. The van der Waals surface area contributed by atoms with Gasteiger partial charge in [-0.2, -0.15) is 0 Å². The molecule has 0 saturated heterocycles. The van der Waals surface area contributed by atoms with E-state index in [0.29, 0.717) is 12.4 Å². The number of rotatable bonds is 4. The third kappa shape index (κ3) is 5.86. The predicted molar refractivity (Wildman–Crippen MR) is 90.7 cm³/mol. The van der Waals surface area contributed by atoms with Crippen LogP contribution in [0.4, 0.5) is 10.6 Å². The number of nitrogens with zero attached hydrogens (tertiary/aromatic N) is 2. The van der Waals surface area contributed by atoms with Crippen LogP contribution >= 0.6 is 11.6 Å². The van der Waals surface area contributed by atoms with Crippen LogP contribution in [0, 0.1) is 0 Å². The number of carbonyl (C=O) groups is 1. The van der Waals surface area contributed by atoms with Gasteiger partial charge in [0.15, 0.2) is 0 Å². The monoisotopic (exact) mass is 340 g/mol. The van der Waals surface area contributed by atoms with Crippen molar-refractivity contribution in [2.45, 2.75) is 64.0 Å². The van der Waals surface area contributed by atoms with Gasteiger partial charge in [-0.15, -0.1) is 0 Å². The maximum absolute atomic E-state index is 11.9. The van der Waals surface area contributed by atoms with Gasteiger partial charge in [0.1, 0.15) is 11.4 Å². The van der Waals surface area contributed by atoms with Gasteiger partial charge < -0.3 is 15.4 Å². The number of anilines is 1. The fourth-order valence-electron chi connectivity index (χ4n) is 2.81. The molecule has 0 spiro atoms. The third-order valence-electron chi connectivity index (χ3n) is 3.80. The third-order valence-corrected chi connectivity index (χ3v) is 3.98. The van der Waals surface area contributed by atoms with E-state index in [9.17, 15) is 4.79 Å². The van der Waals surface area contributed by atoms with Gasteiger partial charge in [0.05, 0.1) is 5.54 Å². The van der Waals surface area contributed by atoms with Crippen molar-refractivity contribution >= 4 is 23.5 Å². The molecule has 1 saturated carbocycles. The molecule has 1 aliphatic rings. The molecule has 1 aromatic rings. The second kappa shape index (κ2) is 7.34. The number of amides is 1. The van der Waals surface area contributed by atoms with E-state index in [1.165, 1.54) is 6.42 Å². The highest BCUT2D eigenvalue weighted by atomic mass is 35.5. The highest BCUT2D eigenvalue weighted by Gasteiger charge is 2.33. The molecule has 2 rings (SSSR count). The molecular weight excluding hydrogens is 316 g/mol. The van der Waals surface area contributed by atoms with Gasteiger partial charge in [-0.1, -0.05) is 19.3 Å². The Labute approximate surface area is 142 Å². The number of hydrogen-bond donors (Lipinski definition) is 2. The van der Waals surface area contributed by atoms with Gasteiger partial charge >= 0.3 is 6.09 Å². The number of nitrogens with one attached hydrogen (secondary N) is 2. The molecule has 0 bridgehead atoms. The van der Waals surface area contributed by atoms with Crippen molar-refractivity contribution in [3.8, 4) is 0 Å². The first-order valence-corrected chi connectivity index (χ1v) is 8.39. The fraction of sp³-hybridized carbons (Fsp3) is 0.688. The SMILES string of the molecule is CC(C)(C)OC(=O)NCC1(Nc2ccnc(Cl)n2)CCCCC1. The quantitative estimate of drug-likeness (QED) is 0.816.